The number of hydrogen-bond donors (Lipinski definition) is 2. The van der Waals surface area contributed by atoms with Gasteiger partial charge in [0.2, 0.25) is 0 Å². The molecular weight excluding hydrogens is 326 g/mol. The van der Waals surface area contributed by atoms with Crippen LogP contribution in [0.4, 0.5) is 0 Å². The second kappa shape index (κ2) is 7.26. The van der Waals surface area contributed by atoms with Crippen LogP contribution in [0.2, 0.25) is 0 Å². The molecule has 0 aliphatic heterocycles. The van der Waals surface area contributed by atoms with Crippen molar-refractivity contribution >= 4 is 37.7 Å². The molecular formula is C17H18BrN3. The minimum absolute atomic E-state index is 0.792. The first-order valence-electron chi connectivity index (χ1n) is 6.89. The number of benzene rings is 2. The van der Waals surface area contributed by atoms with Crippen LogP contribution in [0.1, 0.15) is 19.2 Å². The fraction of sp³-hybridized carbons (Fsp3) is 0.235. The first-order valence-corrected chi connectivity index (χ1v) is 7.68. The van der Waals surface area contributed by atoms with Crippen molar-refractivity contribution in [3.8, 4) is 12.8 Å². The van der Waals surface area contributed by atoms with Gasteiger partial charge in [0.05, 0.1) is 17.6 Å². The zero-order valence-electron chi connectivity index (χ0n) is 12.0. The van der Waals surface area contributed by atoms with E-state index in [1.54, 1.807) is 0 Å². The summed E-state index contributed by atoms with van der Waals surface area (Å²) in [6.07, 6.45) is 9.14. The normalized spacial score (nSPS) is 10.5. The van der Waals surface area contributed by atoms with E-state index in [9.17, 15) is 0 Å². The number of H-pyrrole nitrogens is 1. The summed E-state index contributed by atoms with van der Waals surface area (Å²) in [6.45, 7) is 3.97. The van der Waals surface area contributed by atoms with E-state index in [0.717, 1.165) is 40.8 Å². The highest BCUT2D eigenvalue weighted by Crippen LogP contribution is 2.26. The molecule has 0 unspecified atom stereocenters. The summed E-state index contributed by atoms with van der Waals surface area (Å²) < 4.78 is 1.10. The third-order valence-electron chi connectivity index (χ3n) is 3.20. The summed E-state index contributed by atoms with van der Waals surface area (Å²) in [4.78, 5) is 8.08. The second-order valence-corrected chi connectivity index (χ2v) is 5.60. The minimum Gasteiger partial charge on any atom is -0.341 e. The Balaban J connectivity index is 0.000000774. The predicted octanol–water partition coefficient (Wildman–Crippen LogP) is 4.23. The van der Waals surface area contributed by atoms with Crippen molar-refractivity contribution in [2.75, 3.05) is 6.54 Å². The molecule has 3 aromatic rings. The average Bonchev–Trinajstić information content (AvgIpc) is 2.92. The maximum atomic E-state index is 4.71. The van der Waals surface area contributed by atoms with Crippen LogP contribution in [0.3, 0.4) is 0 Å². The molecule has 2 N–H and O–H groups in total. The lowest BCUT2D eigenvalue weighted by Crippen LogP contribution is -2.14. The van der Waals surface area contributed by atoms with Crippen molar-refractivity contribution in [1.82, 2.24) is 15.3 Å². The van der Waals surface area contributed by atoms with Crippen LogP contribution in [0, 0.1) is 12.8 Å². The van der Waals surface area contributed by atoms with Crippen LogP contribution in [-0.2, 0) is 6.54 Å². The number of fused-ring (bicyclic) bond motifs is 3. The number of rotatable bonds is 4. The zero-order valence-corrected chi connectivity index (χ0v) is 13.6. The van der Waals surface area contributed by atoms with E-state index in [4.69, 9.17) is 4.98 Å². The van der Waals surface area contributed by atoms with Gasteiger partial charge in [0, 0.05) is 9.86 Å². The summed E-state index contributed by atoms with van der Waals surface area (Å²) in [5.41, 5.74) is 2.15. The van der Waals surface area contributed by atoms with E-state index in [-0.39, 0.29) is 0 Å². The van der Waals surface area contributed by atoms with Crippen molar-refractivity contribution in [2.45, 2.75) is 19.9 Å². The molecule has 3 rings (SSSR count). The van der Waals surface area contributed by atoms with E-state index < -0.39 is 0 Å². The molecule has 0 amide bonds. The van der Waals surface area contributed by atoms with Gasteiger partial charge < -0.3 is 10.3 Å². The lowest BCUT2D eigenvalue weighted by Gasteiger charge is -1.99. The summed E-state index contributed by atoms with van der Waals surface area (Å²) in [5.74, 6) is 0.999. The Morgan fingerprint density at radius 3 is 2.81 bits per heavy atom. The van der Waals surface area contributed by atoms with Crippen LogP contribution in [0.15, 0.2) is 34.8 Å². The maximum Gasteiger partial charge on any atom is 0.121 e. The smallest absolute Gasteiger partial charge is 0.121 e. The Bertz CT molecular complexity index is 758. The summed E-state index contributed by atoms with van der Waals surface area (Å²) in [6, 6.07) is 10.5. The molecule has 0 spiro atoms. The summed E-state index contributed by atoms with van der Waals surface area (Å²) in [5, 5.41) is 5.77. The molecule has 4 heteroatoms. The molecule has 0 fully saturated rings. The minimum atomic E-state index is 0.792. The number of aromatic amines is 1. The van der Waals surface area contributed by atoms with Crippen LogP contribution < -0.4 is 5.32 Å². The zero-order chi connectivity index (χ0) is 15.2. The Morgan fingerprint density at radius 2 is 2.05 bits per heavy atom. The summed E-state index contributed by atoms with van der Waals surface area (Å²) in [7, 11) is 0. The van der Waals surface area contributed by atoms with Crippen LogP contribution in [-0.4, -0.2) is 16.5 Å². The Kier molecular flexibility index (Phi) is 5.38. The Hall–Kier alpha value is -1.83. The van der Waals surface area contributed by atoms with E-state index in [0.29, 0.717) is 0 Å². The highest BCUT2D eigenvalue weighted by molar-refractivity contribution is 9.10. The topological polar surface area (TPSA) is 40.7 Å². The number of terminal acetylenes is 1. The predicted molar refractivity (Wildman–Crippen MR) is 93.2 cm³/mol. The first kappa shape index (κ1) is 15.6. The van der Waals surface area contributed by atoms with Gasteiger partial charge in [-0.05, 0) is 36.6 Å². The molecule has 1 aromatic heterocycles. The van der Waals surface area contributed by atoms with Gasteiger partial charge in [-0.2, -0.15) is 0 Å². The van der Waals surface area contributed by atoms with E-state index in [2.05, 4.69) is 76.3 Å². The van der Waals surface area contributed by atoms with Crippen molar-refractivity contribution < 1.29 is 0 Å². The van der Waals surface area contributed by atoms with Crippen molar-refractivity contribution in [3.63, 3.8) is 0 Å². The van der Waals surface area contributed by atoms with Crippen molar-refractivity contribution in [2.24, 2.45) is 0 Å². The lowest BCUT2D eigenvalue weighted by molar-refractivity contribution is 0.656. The largest absolute Gasteiger partial charge is 0.341 e. The maximum absolute atomic E-state index is 4.71. The van der Waals surface area contributed by atoms with Gasteiger partial charge >= 0.3 is 0 Å². The van der Waals surface area contributed by atoms with E-state index in [1.165, 1.54) is 10.8 Å². The molecule has 0 bridgehead atoms. The quantitative estimate of drug-likeness (QED) is 0.549. The van der Waals surface area contributed by atoms with Gasteiger partial charge in [0.25, 0.3) is 0 Å². The highest BCUT2D eigenvalue weighted by atomic mass is 79.9. The van der Waals surface area contributed by atoms with Crippen LogP contribution in [0.5, 0.6) is 0 Å². The van der Waals surface area contributed by atoms with Gasteiger partial charge in [-0.1, -0.05) is 35.0 Å². The SMILES string of the molecule is C#C.CCCNCc1nc2c(ccc3cc(Br)ccc32)[nH]1. The standard InChI is InChI=1S/C15H16BrN3.C2H2/c1-2-7-17-9-14-18-13-6-3-10-8-11(16)4-5-12(10)15(13)19-14;1-2/h3-6,8,17H,2,7,9H2,1H3,(H,18,19);1-2H. The molecule has 2 aromatic carbocycles. The van der Waals surface area contributed by atoms with E-state index in [1.807, 2.05) is 0 Å². The molecule has 0 saturated carbocycles. The van der Waals surface area contributed by atoms with E-state index >= 15 is 0 Å². The van der Waals surface area contributed by atoms with Gasteiger partial charge in [-0.15, -0.1) is 12.8 Å². The molecule has 3 nitrogen and oxygen atoms in total. The van der Waals surface area contributed by atoms with Gasteiger partial charge in [0.15, 0.2) is 0 Å². The number of halogens is 1. The number of hydrogen-bond acceptors (Lipinski definition) is 2. The Labute approximate surface area is 133 Å². The van der Waals surface area contributed by atoms with Crippen LogP contribution in [0.25, 0.3) is 21.8 Å². The fourth-order valence-electron chi connectivity index (χ4n) is 2.29. The molecule has 1 heterocycles. The average molecular weight is 344 g/mol. The summed E-state index contributed by atoms with van der Waals surface area (Å²) >= 11 is 3.51. The third-order valence-corrected chi connectivity index (χ3v) is 3.69. The van der Waals surface area contributed by atoms with Crippen LogP contribution >= 0.6 is 15.9 Å². The third kappa shape index (κ3) is 3.44. The van der Waals surface area contributed by atoms with Crippen molar-refractivity contribution in [1.29, 1.82) is 0 Å². The number of nitrogens with one attached hydrogen (secondary N) is 2. The lowest BCUT2D eigenvalue weighted by atomic mass is 10.1. The molecule has 0 radical (unpaired) electrons. The highest BCUT2D eigenvalue weighted by Gasteiger charge is 2.06. The number of nitrogens with zero attached hydrogens (tertiary/aromatic N) is 1. The molecule has 108 valence electrons. The molecule has 0 aliphatic rings. The molecule has 0 aliphatic carbocycles. The monoisotopic (exact) mass is 343 g/mol. The van der Waals surface area contributed by atoms with Gasteiger partial charge in [-0.3, -0.25) is 0 Å². The molecule has 0 atom stereocenters. The molecule has 0 saturated heterocycles. The number of imidazole rings is 1. The molecule has 21 heavy (non-hydrogen) atoms. The first-order chi connectivity index (χ1) is 10.3. The number of aromatic nitrogens is 2. The Morgan fingerprint density at radius 1 is 1.24 bits per heavy atom. The van der Waals surface area contributed by atoms with Gasteiger partial charge in [-0.25, -0.2) is 4.98 Å². The van der Waals surface area contributed by atoms with Gasteiger partial charge in [0.1, 0.15) is 5.82 Å². The van der Waals surface area contributed by atoms with Crippen molar-refractivity contribution in [3.05, 3.63) is 40.6 Å². The fourth-order valence-corrected chi connectivity index (χ4v) is 2.67. The second-order valence-electron chi connectivity index (χ2n) is 4.69.